The highest BCUT2D eigenvalue weighted by Gasteiger charge is 2.26. The Hall–Kier alpha value is -3.43. The van der Waals surface area contributed by atoms with Gasteiger partial charge < -0.3 is 4.98 Å². The minimum absolute atomic E-state index is 0.205. The first-order valence-corrected chi connectivity index (χ1v) is 12.5. The normalized spacial score (nSPS) is 12.1. The number of halogens is 2. The molecule has 0 aliphatic heterocycles. The number of carbonyl (C=O) groups is 1. The summed E-state index contributed by atoms with van der Waals surface area (Å²) < 4.78 is 15.7. The lowest BCUT2D eigenvalue weighted by Crippen LogP contribution is -2.31. The van der Waals surface area contributed by atoms with Crippen molar-refractivity contribution in [2.75, 3.05) is 0 Å². The molecule has 176 valence electrons. The van der Waals surface area contributed by atoms with Crippen LogP contribution in [0, 0.1) is 0 Å². The molecule has 0 fully saturated rings. The molecule has 0 aliphatic carbocycles. The van der Waals surface area contributed by atoms with E-state index < -0.39 is 17.1 Å². The molecule has 4 N–H and O–H groups in total. The average molecular weight is 524 g/mol. The molecular formula is C25H19Cl2N5O2S. The van der Waals surface area contributed by atoms with Crippen LogP contribution in [0.25, 0.3) is 33.3 Å². The van der Waals surface area contributed by atoms with Crippen molar-refractivity contribution in [2.24, 2.45) is 5.14 Å². The van der Waals surface area contributed by atoms with E-state index in [9.17, 15) is 9.00 Å². The molecule has 0 bridgehead atoms. The second-order valence-corrected chi connectivity index (χ2v) is 9.52. The minimum Gasteiger partial charge on any atom is -0.350 e. The van der Waals surface area contributed by atoms with E-state index in [0.717, 1.165) is 22.1 Å². The second-order valence-electron chi connectivity index (χ2n) is 7.85. The Kier molecular flexibility index (Phi) is 6.44. The molecule has 5 rings (SSSR count). The SMILES string of the molecule is NS(=O)NC(=O)c1[nH]c2cc(Cl)ccc2c1-c1c(-c2ccccc2)cnn1Cc1ccc(Cl)cc1. The van der Waals surface area contributed by atoms with E-state index in [1.165, 1.54) is 0 Å². The number of nitrogens with zero attached hydrogens (tertiary/aromatic N) is 2. The molecule has 3 aromatic carbocycles. The lowest BCUT2D eigenvalue weighted by Gasteiger charge is -2.12. The van der Waals surface area contributed by atoms with Crippen molar-refractivity contribution in [2.45, 2.75) is 6.54 Å². The highest BCUT2D eigenvalue weighted by Crippen LogP contribution is 2.40. The van der Waals surface area contributed by atoms with Gasteiger partial charge in [-0.2, -0.15) is 5.10 Å². The van der Waals surface area contributed by atoms with Crippen molar-refractivity contribution in [1.29, 1.82) is 0 Å². The molecule has 35 heavy (non-hydrogen) atoms. The number of benzene rings is 3. The van der Waals surface area contributed by atoms with Crippen LogP contribution in [0.2, 0.25) is 10.0 Å². The molecule has 2 heterocycles. The van der Waals surface area contributed by atoms with Gasteiger partial charge in [-0.15, -0.1) is 0 Å². The number of fused-ring (bicyclic) bond motifs is 1. The van der Waals surface area contributed by atoms with Crippen LogP contribution in [-0.4, -0.2) is 24.9 Å². The van der Waals surface area contributed by atoms with Gasteiger partial charge in [-0.1, -0.05) is 71.7 Å². The van der Waals surface area contributed by atoms with Gasteiger partial charge in [-0.25, -0.2) is 9.35 Å². The predicted molar refractivity (Wildman–Crippen MR) is 140 cm³/mol. The fourth-order valence-electron chi connectivity index (χ4n) is 4.09. The third-order valence-corrected chi connectivity index (χ3v) is 6.46. The van der Waals surface area contributed by atoms with Crippen LogP contribution in [-0.2, 0) is 17.7 Å². The van der Waals surface area contributed by atoms with E-state index in [-0.39, 0.29) is 5.69 Å². The summed E-state index contributed by atoms with van der Waals surface area (Å²) in [4.78, 5) is 16.2. The maximum absolute atomic E-state index is 13.1. The van der Waals surface area contributed by atoms with Crippen LogP contribution < -0.4 is 9.86 Å². The second kappa shape index (κ2) is 9.67. The Bertz CT molecular complexity index is 1560. The average Bonchev–Trinajstić information content (AvgIpc) is 3.41. The number of rotatable bonds is 6. The molecule has 0 aliphatic rings. The lowest BCUT2D eigenvalue weighted by atomic mass is 9.98. The molecule has 2 aromatic heterocycles. The van der Waals surface area contributed by atoms with Crippen molar-refractivity contribution in [3.05, 3.63) is 100 Å². The molecule has 7 nitrogen and oxygen atoms in total. The van der Waals surface area contributed by atoms with E-state index in [4.69, 9.17) is 28.3 Å². The van der Waals surface area contributed by atoms with Gasteiger partial charge in [-0.05, 0) is 35.4 Å². The summed E-state index contributed by atoms with van der Waals surface area (Å²) in [6, 6.07) is 22.6. The Morgan fingerprint density at radius 1 is 1.03 bits per heavy atom. The monoisotopic (exact) mass is 523 g/mol. The maximum atomic E-state index is 13.1. The number of hydrogen-bond donors (Lipinski definition) is 3. The van der Waals surface area contributed by atoms with Crippen molar-refractivity contribution in [3.63, 3.8) is 0 Å². The molecule has 5 aromatic rings. The molecule has 10 heteroatoms. The van der Waals surface area contributed by atoms with Gasteiger partial charge in [0.1, 0.15) is 5.69 Å². The quantitative estimate of drug-likeness (QED) is 0.280. The Balaban J connectivity index is 1.78. The number of amides is 1. The highest BCUT2D eigenvalue weighted by molar-refractivity contribution is 7.81. The fraction of sp³-hybridized carbons (Fsp3) is 0.0400. The number of hydrogen-bond acceptors (Lipinski definition) is 3. The number of nitrogens with two attached hydrogens (primary N) is 1. The third-order valence-electron chi connectivity index (χ3n) is 5.59. The minimum atomic E-state index is -2.04. The molecule has 0 spiro atoms. The van der Waals surface area contributed by atoms with Crippen LogP contribution in [0.5, 0.6) is 0 Å². The number of aromatic nitrogens is 3. The van der Waals surface area contributed by atoms with E-state index >= 15 is 0 Å². The fourth-order valence-corrected chi connectivity index (χ4v) is 4.67. The van der Waals surface area contributed by atoms with Crippen molar-refractivity contribution < 1.29 is 9.00 Å². The first kappa shape index (κ1) is 23.3. The van der Waals surface area contributed by atoms with Crippen molar-refractivity contribution in [3.8, 4) is 22.4 Å². The topological polar surface area (TPSA) is 106 Å². The highest BCUT2D eigenvalue weighted by atomic mass is 35.5. The largest absolute Gasteiger partial charge is 0.350 e. The Morgan fingerprint density at radius 2 is 1.74 bits per heavy atom. The summed E-state index contributed by atoms with van der Waals surface area (Å²) in [5, 5.41) is 12.0. The summed E-state index contributed by atoms with van der Waals surface area (Å²) >= 11 is 10.3. The van der Waals surface area contributed by atoms with E-state index in [0.29, 0.717) is 33.4 Å². The number of aromatic amines is 1. The zero-order valence-corrected chi connectivity index (χ0v) is 20.5. The van der Waals surface area contributed by atoms with E-state index in [2.05, 4.69) is 14.8 Å². The van der Waals surface area contributed by atoms with E-state index in [1.54, 1.807) is 18.3 Å². The van der Waals surface area contributed by atoms with Gasteiger partial charge in [-0.3, -0.25) is 14.2 Å². The smallest absolute Gasteiger partial charge is 0.281 e. The Labute approximate surface area is 213 Å². The van der Waals surface area contributed by atoms with Crippen LogP contribution in [0.4, 0.5) is 0 Å². The predicted octanol–water partition coefficient (Wildman–Crippen LogP) is 5.32. The van der Waals surface area contributed by atoms with Crippen LogP contribution in [0.1, 0.15) is 16.1 Å². The summed E-state index contributed by atoms with van der Waals surface area (Å²) in [5.74, 6) is -0.605. The summed E-state index contributed by atoms with van der Waals surface area (Å²) in [6.07, 6.45) is 1.78. The molecular weight excluding hydrogens is 505 g/mol. The molecule has 1 amide bonds. The zero-order chi connectivity index (χ0) is 24.5. The Morgan fingerprint density at radius 3 is 2.46 bits per heavy atom. The van der Waals surface area contributed by atoms with Gasteiger partial charge in [0.25, 0.3) is 5.91 Å². The zero-order valence-electron chi connectivity index (χ0n) is 18.2. The summed E-state index contributed by atoms with van der Waals surface area (Å²) in [7, 11) is 0. The van der Waals surface area contributed by atoms with Gasteiger partial charge in [0.15, 0.2) is 11.2 Å². The van der Waals surface area contributed by atoms with Gasteiger partial charge >= 0.3 is 0 Å². The summed E-state index contributed by atoms with van der Waals surface area (Å²) in [5.41, 5.74) is 4.92. The molecule has 0 saturated carbocycles. The number of nitrogens with one attached hydrogen (secondary N) is 2. The number of H-pyrrole nitrogens is 1. The van der Waals surface area contributed by atoms with Crippen molar-refractivity contribution >= 4 is 51.2 Å². The van der Waals surface area contributed by atoms with Crippen LogP contribution >= 0.6 is 23.2 Å². The molecule has 0 radical (unpaired) electrons. The maximum Gasteiger partial charge on any atom is 0.281 e. The molecule has 1 atom stereocenters. The van der Waals surface area contributed by atoms with Crippen LogP contribution in [0.15, 0.2) is 79.0 Å². The first-order valence-electron chi connectivity index (χ1n) is 10.5. The van der Waals surface area contributed by atoms with Crippen LogP contribution in [0.3, 0.4) is 0 Å². The summed E-state index contributed by atoms with van der Waals surface area (Å²) in [6.45, 7) is 0.434. The van der Waals surface area contributed by atoms with E-state index in [1.807, 2.05) is 65.3 Å². The third kappa shape index (κ3) is 4.74. The lowest BCUT2D eigenvalue weighted by molar-refractivity contribution is 0.0979. The number of carbonyl (C=O) groups excluding carboxylic acids is 1. The van der Waals surface area contributed by atoms with Gasteiger partial charge in [0.2, 0.25) is 0 Å². The van der Waals surface area contributed by atoms with Gasteiger partial charge in [0, 0.05) is 32.1 Å². The molecule has 0 saturated heterocycles. The molecule has 1 unspecified atom stereocenters. The van der Waals surface area contributed by atoms with Gasteiger partial charge in [0.05, 0.1) is 18.4 Å². The first-order chi connectivity index (χ1) is 16.9. The standard InChI is InChI=1S/C25H19Cl2N5O2S/c26-17-8-6-15(7-9-17)14-32-24(20(13-29-32)16-4-2-1-3-5-16)22-19-11-10-18(27)12-21(19)30-23(22)25(33)31-35(28)34/h1-13,30H,14,28H2,(H,31,33). The van der Waals surface area contributed by atoms with Crippen molar-refractivity contribution in [1.82, 2.24) is 19.5 Å².